The summed E-state index contributed by atoms with van der Waals surface area (Å²) in [6.45, 7) is 5.54. The van der Waals surface area contributed by atoms with Gasteiger partial charge in [-0.1, -0.05) is 0 Å². The second kappa shape index (κ2) is 8.91. The van der Waals surface area contributed by atoms with Crippen LogP contribution in [-0.4, -0.2) is 40.3 Å². The van der Waals surface area contributed by atoms with Gasteiger partial charge in [-0.25, -0.2) is 18.7 Å². The van der Waals surface area contributed by atoms with Crippen LogP contribution < -0.4 is 5.56 Å². The topological polar surface area (TPSA) is 65.7 Å². The van der Waals surface area contributed by atoms with E-state index in [1.807, 2.05) is 0 Å². The lowest BCUT2D eigenvalue weighted by Gasteiger charge is -2.36. The molecule has 0 aliphatic carbocycles. The number of fused-ring (bicyclic) bond motifs is 1. The molecule has 2 aliphatic heterocycles. The number of hydrogen-bond donors (Lipinski definition) is 0. The van der Waals surface area contributed by atoms with Crippen LogP contribution in [0.1, 0.15) is 48.6 Å². The van der Waals surface area contributed by atoms with Gasteiger partial charge in [0, 0.05) is 54.1 Å². The average molecular weight is 456 g/mol. The van der Waals surface area contributed by atoms with Crippen molar-refractivity contribution in [2.24, 2.45) is 5.92 Å². The zero-order valence-electron chi connectivity index (χ0n) is 18.8. The Kier molecular flexibility index (Phi) is 5.97. The minimum atomic E-state index is -0.738. The van der Waals surface area contributed by atoms with E-state index in [9.17, 15) is 13.6 Å². The number of halogens is 2. The van der Waals surface area contributed by atoms with E-state index in [2.05, 4.69) is 4.98 Å². The summed E-state index contributed by atoms with van der Waals surface area (Å²) >= 11 is 0. The van der Waals surface area contributed by atoms with Crippen LogP contribution in [0, 0.1) is 31.4 Å². The van der Waals surface area contributed by atoms with Gasteiger partial charge in [0.05, 0.1) is 18.4 Å². The van der Waals surface area contributed by atoms with Crippen molar-refractivity contribution in [2.45, 2.75) is 51.6 Å². The Balaban J connectivity index is 1.63. The largest absolute Gasteiger partial charge is 0.381 e. The fraction of sp³-hybridized carbons (Fsp3) is 0.480. The molecule has 33 heavy (non-hydrogen) atoms. The third-order valence-electron chi connectivity index (χ3n) is 6.94. The molecule has 0 radical (unpaired) electrons. The van der Waals surface area contributed by atoms with E-state index in [-0.39, 0.29) is 34.5 Å². The molecule has 2 aromatic heterocycles. The lowest BCUT2D eigenvalue weighted by molar-refractivity contribution is -0.0723. The molecule has 2 fully saturated rings. The Morgan fingerprint density at radius 2 is 1.97 bits per heavy atom. The first-order chi connectivity index (χ1) is 15.9. The molecule has 174 valence electrons. The van der Waals surface area contributed by atoms with Gasteiger partial charge in [-0.2, -0.15) is 0 Å². The molecule has 1 unspecified atom stereocenters. The van der Waals surface area contributed by atoms with Crippen molar-refractivity contribution in [1.82, 2.24) is 14.4 Å². The number of aryl methyl sites for hydroxylation is 1. The van der Waals surface area contributed by atoms with Crippen molar-refractivity contribution in [1.29, 1.82) is 0 Å². The number of aromatic nitrogens is 3. The molecule has 3 aromatic rings. The summed E-state index contributed by atoms with van der Waals surface area (Å²) in [5.41, 5.74) is 2.19. The zero-order valence-corrected chi connectivity index (χ0v) is 18.8. The smallest absolute Gasteiger partial charge is 0.261 e. The fourth-order valence-electron chi connectivity index (χ4n) is 4.90. The molecule has 0 amide bonds. The van der Waals surface area contributed by atoms with Crippen molar-refractivity contribution < 1.29 is 18.3 Å². The van der Waals surface area contributed by atoms with Gasteiger partial charge in [0.1, 0.15) is 17.3 Å². The number of rotatable bonds is 3. The SMILES string of the molecule is Cc1nc2c(-c3ccc(F)cc3F)nc([C@@H]3CCO[C@H](C4CCCOC4)C3)cn2c(=O)c1C. The van der Waals surface area contributed by atoms with E-state index in [4.69, 9.17) is 14.5 Å². The van der Waals surface area contributed by atoms with Gasteiger partial charge >= 0.3 is 0 Å². The molecular weight excluding hydrogens is 428 g/mol. The van der Waals surface area contributed by atoms with Crippen LogP contribution in [-0.2, 0) is 9.47 Å². The van der Waals surface area contributed by atoms with Crippen LogP contribution in [0.15, 0.2) is 29.2 Å². The van der Waals surface area contributed by atoms with E-state index in [1.54, 1.807) is 20.0 Å². The standard InChI is InChI=1S/C25H27F2N3O3/c1-14-15(2)28-24-23(19-6-5-18(26)11-20(19)27)29-21(12-30(24)25(14)31)16-7-9-33-22(10-16)17-4-3-8-32-13-17/h5-6,11-12,16-17,22H,3-4,7-10,13H2,1-2H3/t16-,17?,22+/m1/s1. The van der Waals surface area contributed by atoms with Crippen molar-refractivity contribution in [3.8, 4) is 11.3 Å². The van der Waals surface area contributed by atoms with Gasteiger partial charge in [-0.3, -0.25) is 9.20 Å². The molecule has 2 saturated heterocycles. The molecular formula is C25H27F2N3O3. The summed E-state index contributed by atoms with van der Waals surface area (Å²) < 4.78 is 41.6. The molecule has 8 heteroatoms. The number of ether oxygens (including phenoxy) is 2. The monoisotopic (exact) mass is 455 g/mol. The summed E-state index contributed by atoms with van der Waals surface area (Å²) in [4.78, 5) is 22.5. The van der Waals surface area contributed by atoms with Crippen molar-refractivity contribution in [3.05, 3.63) is 63.3 Å². The van der Waals surface area contributed by atoms with E-state index in [1.165, 1.54) is 16.5 Å². The lowest BCUT2D eigenvalue weighted by Crippen LogP contribution is -2.36. The maximum absolute atomic E-state index is 14.8. The zero-order chi connectivity index (χ0) is 23.1. The van der Waals surface area contributed by atoms with Crippen LogP contribution in [0.4, 0.5) is 8.78 Å². The second-order valence-corrected chi connectivity index (χ2v) is 9.07. The lowest BCUT2D eigenvalue weighted by atomic mass is 9.84. The van der Waals surface area contributed by atoms with E-state index >= 15 is 0 Å². The third kappa shape index (κ3) is 4.17. The maximum Gasteiger partial charge on any atom is 0.261 e. The average Bonchev–Trinajstić information content (AvgIpc) is 2.83. The van der Waals surface area contributed by atoms with Gasteiger partial charge in [0.15, 0.2) is 5.65 Å². The van der Waals surface area contributed by atoms with Gasteiger partial charge in [0.25, 0.3) is 5.56 Å². The molecule has 2 aliphatic rings. The summed E-state index contributed by atoms with van der Waals surface area (Å²) in [5, 5.41) is 0. The molecule has 0 bridgehead atoms. The predicted octanol–water partition coefficient (Wildman–Crippen LogP) is 4.34. The summed E-state index contributed by atoms with van der Waals surface area (Å²) in [6, 6.07) is 3.37. The normalized spacial score (nSPS) is 23.7. The highest BCUT2D eigenvalue weighted by Gasteiger charge is 2.32. The van der Waals surface area contributed by atoms with Crippen molar-refractivity contribution >= 4 is 5.65 Å². The molecule has 0 saturated carbocycles. The molecule has 5 rings (SSSR count). The first kappa shape index (κ1) is 22.1. The van der Waals surface area contributed by atoms with E-state index in [0.29, 0.717) is 36.1 Å². The van der Waals surface area contributed by atoms with Crippen LogP contribution >= 0.6 is 0 Å². The van der Waals surface area contributed by atoms with Crippen LogP contribution in [0.5, 0.6) is 0 Å². The highest BCUT2D eigenvalue weighted by molar-refractivity contribution is 5.74. The maximum atomic E-state index is 14.8. The van der Waals surface area contributed by atoms with Crippen LogP contribution in [0.3, 0.4) is 0 Å². The second-order valence-electron chi connectivity index (χ2n) is 9.07. The molecule has 0 N–H and O–H groups in total. The fourth-order valence-corrected chi connectivity index (χ4v) is 4.90. The Bertz CT molecular complexity index is 1250. The molecule has 6 nitrogen and oxygen atoms in total. The number of hydrogen-bond acceptors (Lipinski definition) is 5. The van der Waals surface area contributed by atoms with Crippen LogP contribution in [0.25, 0.3) is 16.9 Å². The van der Waals surface area contributed by atoms with Crippen molar-refractivity contribution in [3.63, 3.8) is 0 Å². The molecule has 3 atom stereocenters. The Morgan fingerprint density at radius 3 is 2.73 bits per heavy atom. The minimum absolute atomic E-state index is 0.0471. The minimum Gasteiger partial charge on any atom is -0.381 e. The molecule has 4 heterocycles. The third-order valence-corrected chi connectivity index (χ3v) is 6.94. The molecule has 1 aromatic carbocycles. The number of nitrogens with zero attached hydrogens (tertiary/aromatic N) is 3. The first-order valence-electron chi connectivity index (χ1n) is 11.5. The summed E-state index contributed by atoms with van der Waals surface area (Å²) in [5.74, 6) is -1.02. The summed E-state index contributed by atoms with van der Waals surface area (Å²) in [7, 11) is 0. The van der Waals surface area contributed by atoms with Gasteiger partial charge in [0.2, 0.25) is 0 Å². The first-order valence-corrected chi connectivity index (χ1v) is 11.5. The summed E-state index contributed by atoms with van der Waals surface area (Å²) in [6.07, 6.45) is 5.38. The van der Waals surface area contributed by atoms with Crippen molar-refractivity contribution in [2.75, 3.05) is 19.8 Å². The van der Waals surface area contributed by atoms with E-state index < -0.39 is 11.6 Å². The Labute approximate surface area is 190 Å². The Hall–Kier alpha value is -2.71. The number of benzene rings is 1. The highest BCUT2D eigenvalue weighted by atomic mass is 19.1. The molecule has 0 spiro atoms. The van der Waals surface area contributed by atoms with E-state index in [0.717, 1.165) is 38.4 Å². The highest BCUT2D eigenvalue weighted by Crippen LogP contribution is 2.36. The Morgan fingerprint density at radius 1 is 1.12 bits per heavy atom. The van der Waals surface area contributed by atoms with Crippen LogP contribution in [0.2, 0.25) is 0 Å². The van der Waals surface area contributed by atoms with Gasteiger partial charge in [-0.05, 0) is 51.7 Å². The van der Waals surface area contributed by atoms with Gasteiger partial charge in [-0.15, -0.1) is 0 Å². The quantitative estimate of drug-likeness (QED) is 0.588. The predicted molar refractivity (Wildman–Crippen MR) is 119 cm³/mol. The van der Waals surface area contributed by atoms with Gasteiger partial charge < -0.3 is 9.47 Å².